The van der Waals surface area contributed by atoms with Crippen LogP contribution in [0.1, 0.15) is 48.7 Å². The Kier molecular flexibility index (Phi) is 6.87. The SMILES string of the molecule is CC(C)c1c(C(=O)N[C@H]2CCCNC2)cnn1-c1ccc(Cl)cc1.Cl. The second-order valence-corrected chi connectivity index (χ2v) is 6.94. The molecule has 7 heteroatoms. The Labute approximate surface area is 159 Å². The number of nitrogens with zero attached hydrogens (tertiary/aromatic N) is 2. The molecule has 2 heterocycles. The van der Waals surface area contributed by atoms with Crippen molar-refractivity contribution in [1.82, 2.24) is 20.4 Å². The fourth-order valence-electron chi connectivity index (χ4n) is 3.11. The van der Waals surface area contributed by atoms with Gasteiger partial charge in [0, 0.05) is 17.6 Å². The van der Waals surface area contributed by atoms with E-state index in [-0.39, 0.29) is 30.3 Å². The first-order valence-corrected chi connectivity index (χ1v) is 8.79. The van der Waals surface area contributed by atoms with Gasteiger partial charge in [-0.15, -0.1) is 12.4 Å². The molecule has 1 aliphatic rings. The molecule has 2 N–H and O–H groups in total. The van der Waals surface area contributed by atoms with Crippen molar-refractivity contribution in [3.8, 4) is 5.69 Å². The number of carbonyl (C=O) groups is 1. The van der Waals surface area contributed by atoms with Crippen LogP contribution in [0.25, 0.3) is 5.69 Å². The van der Waals surface area contributed by atoms with E-state index in [0.717, 1.165) is 37.3 Å². The number of benzene rings is 1. The summed E-state index contributed by atoms with van der Waals surface area (Å²) in [6.45, 7) is 6.00. The fourth-order valence-corrected chi connectivity index (χ4v) is 3.24. The zero-order valence-electron chi connectivity index (χ0n) is 14.5. The molecule has 0 spiro atoms. The predicted molar refractivity (Wildman–Crippen MR) is 103 cm³/mol. The molecule has 1 atom stereocenters. The monoisotopic (exact) mass is 382 g/mol. The minimum absolute atomic E-state index is 0. The van der Waals surface area contributed by atoms with E-state index in [0.29, 0.717) is 10.6 Å². The standard InChI is InChI=1S/C18H23ClN4O.ClH/c1-12(2)17-16(18(24)22-14-4-3-9-20-10-14)11-21-23(17)15-7-5-13(19)6-8-15;/h5-8,11-12,14,20H,3-4,9-10H2,1-2H3,(H,22,24);1H/t14-;/m0./s1. The maximum absolute atomic E-state index is 12.7. The molecular formula is C18H24Cl2N4O. The summed E-state index contributed by atoms with van der Waals surface area (Å²) >= 11 is 5.97. The van der Waals surface area contributed by atoms with Gasteiger partial charge in [0.15, 0.2) is 0 Å². The molecule has 0 unspecified atom stereocenters. The summed E-state index contributed by atoms with van der Waals surface area (Å²) in [6.07, 6.45) is 3.77. The molecule has 1 aromatic heterocycles. The van der Waals surface area contributed by atoms with Crippen molar-refractivity contribution in [2.45, 2.75) is 38.6 Å². The first-order chi connectivity index (χ1) is 11.6. The molecule has 3 rings (SSSR count). The molecule has 136 valence electrons. The van der Waals surface area contributed by atoms with Crippen LogP contribution in [0.5, 0.6) is 0 Å². The molecule has 2 aromatic rings. The largest absolute Gasteiger partial charge is 0.348 e. The number of rotatable bonds is 4. The Morgan fingerprint density at radius 2 is 2.08 bits per heavy atom. The molecule has 0 aliphatic carbocycles. The summed E-state index contributed by atoms with van der Waals surface area (Å²) in [5.41, 5.74) is 2.46. The number of piperidine rings is 1. The summed E-state index contributed by atoms with van der Waals surface area (Å²) in [5, 5.41) is 11.6. The summed E-state index contributed by atoms with van der Waals surface area (Å²) in [4.78, 5) is 12.7. The van der Waals surface area contributed by atoms with E-state index in [2.05, 4.69) is 29.6 Å². The van der Waals surface area contributed by atoms with Crippen molar-refractivity contribution >= 4 is 29.9 Å². The third kappa shape index (κ3) is 4.54. The Morgan fingerprint density at radius 3 is 2.68 bits per heavy atom. The number of halogens is 2. The van der Waals surface area contributed by atoms with Crippen LogP contribution in [-0.4, -0.2) is 34.8 Å². The van der Waals surface area contributed by atoms with Gasteiger partial charge in [-0.3, -0.25) is 4.79 Å². The Balaban J connectivity index is 0.00000225. The van der Waals surface area contributed by atoms with Crippen LogP contribution >= 0.6 is 24.0 Å². The molecule has 0 saturated carbocycles. The number of hydrogen-bond donors (Lipinski definition) is 2. The van der Waals surface area contributed by atoms with Crippen LogP contribution in [0.4, 0.5) is 0 Å². The van der Waals surface area contributed by atoms with E-state index in [1.165, 1.54) is 0 Å². The van der Waals surface area contributed by atoms with Gasteiger partial charge in [-0.1, -0.05) is 25.4 Å². The minimum atomic E-state index is -0.0485. The van der Waals surface area contributed by atoms with E-state index in [4.69, 9.17) is 11.6 Å². The van der Waals surface area contributed by atoms with E-state index >= 15 is 0 Å². The Morgan fingerprint density at radius 1 is 1.36 bits per heavy atom. The molecule has 1 saturated heterocycles. The third-order valence-electron chi connectivity index (χ3n) is 4.30. The average Bonchev–Trinajstić information content (AvgIpc) is 3.02. The summed E-state index contributed by atoms with van der Waals surface area (Å²) in [5.74, 6) is 0.126. The third-order valence-corrected chi connectivity index (χ3v) is 4.55. The molecular weight excluding hydrogens is 359 g/mol. The van der Waals surface area contributed by atoms with Crippen LogP contribution in [0, 0.1) is 0 Å². The first-order valence-electron chi connectivity index (χ1n) is 8.41. The highest BCUT2D eigenvalue weighted by Crippen LogP contribution is 2.24. The van der Waals surface area contributed by atoms with Gasteiger partial charge in [-0.2, -0.15) is 5.10 Å². The van der Waals surface area contributed by atoms with E-state index in [1.807, 2.05) is 28.9 Å². The van der Waals surface area contributed by atoms with E-state index in [9.17, 15) is 4.79 Å². The van der Waals surface area contributed by atoms with Crippen LogP contribution in [0.3, 0.4) is 0 Å². The zero-order valence-corrected chi connectivity index (χ0v) is 16.0. The number of hydrogen-bond acceptors (Lipinski definition) is 3. The highest BCUT2D eigenvalue weighted by molar-refractivity contribution is 6.30. The molecule has 1 aliphatic heterocycles. The average molecular weight is 383 g/mol. The fraction of sp³-hybridized carbons (Fsp3) is 0.444. The minimum Gasteiger partial charge on any atom is -0.348 e. The van der Waals surface area contributed by atoms with Gasteiger partial charge < -0.3 is 10.6 Å². The summed E-state index contributed by atoms with van der Waals surface area (Å²) in [6, 6.07) is 7.67. The topological polar surface area (TPSA) is 59.0 Å². The smallest absolute Gasteiger partial charge is 0.255 e. The van der Waals surface area contributed by atoms with Gasteiger partial charge in [-0.05, 0) is 49.6 Å². The van der Waals surface area contributed by atoms with Crippen molar-refractivity contribution in [2.24, 2.45) is 0 Å². The zero-order chi connectivity index (χ0) is 17.1. The van der Waals surface area contributed by atoms with Gasteiger partial charge in [0.05, 0.1) is 23.1 Å². The van der Waals surface area contributed by atoms with Crippen molar-refractivity contribution in [3.05, 3.63) is 46.7 Å². The van der Waals surface area contributed by atoms with Gasteiger partial charge in [-0.25, -0.2) is 4.68 Å². The van der Waals surface area contributed by atoms with E-state index < -0.39 is 0 Å². The van der Waals surface area contributed by atoms with Crippen molar-refractivity contribution in [1.29, 1.82) is 0 Å². The highest BCUT2D eigenvalue weighted by Gasteiger charge is 2.23. The lowest BCUT2D eigenvalue weighted by atomic mass is 10.0. The van der Waals surface area contributed by atoms with Gasteiger partial charge in [0.2, 0.25) is 0 Å². The molecule has 5 nitrogen and oxygen atoms in total. The quantitative estimate of drug-likeness (QED) is 0.849. The molecule has 25 heavy (non-hydrogen) atoms. The molecule has 0 bridgehead atoms. The van der Waals surface area contributed by atoms with Crippen molar-refractivity contribution in [3.63, 3.8) is 0 Å². The lowest BCUT2D eigenvalue weighted by Gasteiger charge is -2.24. The van der Waals surface area contributed by atoms with Crippen molar-refractivity contribution < 1.29 is 4.79 Å². The molecule has 0 radical (unpaired) electrons. The second kappa shape index (κ2) is 8.70. The predicted octanol–water partition coefficient (Wildman–Crippen LogP) is 3.55. The molecule has 1 amide bonds. The highest BCUT2D eigenvalue weighted by atomic mass is 35.5. The van der Waals surface area contributed by atoms with Crippen LogP contribution < -0.4 is 10.6 Å². The normalized spacial score (nSPS) is 17.2. The van der Waals surface area contributed by atoms with Gasteiger partial charge >= 0.3 is 0 Å². The van der Waals surface area contributed by atoms with Gasteiger partial charge in [0.1, 0.15) is 0 Å². The lowest BCUT2D eigenvalue weighted by Crippen LogP contribution is -2.45. The number of amides is 1. The van der Waals surface area contributed by atoms with Crippen LogP contribution in [0.15, 0.2) is 30.5 Å². The molecule has 1 aromatic carbocycles. The summed E-state index contributed by atoms with van der Waals surface area (Å²) in [7, 11) is 0. The first kappa shape index (κ1) is 19.8. The number of nitrogens with one attached hydrogen (secondary N) is 2. The summed E-state index contributed by atoms with van der Waals surface area (Å²) < 4.78 is 1.83. The Hall–Kier alpha value is -1.56. The van der Waals surface area contributed by atoms with E-state index in [1.54, 1.807) is 6.20 Å². The maximum Gasteiger partial charge on any atom is 0.255 e. The van der Waals surface area contributed by atoms with Crippen LogP contribution in [0.2, 0.25) is 5.02 Å². The second-order valence-electron chi connectivity index (χ2n) is 6.50. The number of carbonyl (C=O) groups excluding carboxylic acids is 1. The maximum atomic E-state index is 12.7. The van der Waals surface area contributed by atoms with Gasteiger partial charge in [0.25, 0.3) is 5.91 Å². The van der Waals surface area contributed by atoms with Crippen LogP contribution in [-0.2, 0) is 0 Å². The number of aromatic nitrogens is 2. The lowest BCUT2D eigenvalue weighted by molar-refractivity contribution is 0.0929. The Bertz CT molecular complexity index is 706. The van der Waals surface area contributed by atoms with Crippen molar-refractivity contribution in [2.75, 3.05) is 13.1 Å². The molecule has 1 fully saturated rings.